The van der Waals surface area contributed by atoms with E-state index >= 15 is 0 Å². The number of aromatic carboxylic acids is 1. The molecule has 0 spiro atoms. The van der Waals surface area contributed by atoms with Crippen LogP contribution in [-0.2, 0) is 0 Å². The van der Waals surface area contributed by atoms with E-state index in [1.807, 2.05) is 6.07 Å². The Hall–Kier alpha value is -2.94. The van der Waals surface area contributed by atoms with Gasteiger partial charge in [-0.25, -0.2) is 9.78 Å². The Morgan fingerprint density at radius 2 is 2.22 bits per heavy atom. The molecule has 0 saturated carbocycles. The van der Waals surface area contributed by atoms with Crippen LogP contribution < -0.4 is 4.74 Å². The molecule has 6 heteroatoms. The summed E-state index contributed by atoms with van der Waals surface area (Å²) in [6.45, 7) is 0. The fourth-order valence-corrected chi connectivity index (χ4v) is 1.28. The number of rotatable bonds is 3. The molecule has 88 valence electrons. The van der Waals surface area contributed by atoms with Gasteiger partial charge in [-0.2, -0.15) is 5.26 Å². The molecule has 0 unspecified atom stereocenters. The summed E-state index contributed by atoms with van der Waals surface area (Å²) in [5.41, 5.74) is 0.169. The van der Waals surface area contributed by atoms with E-state index in [0.717, 1.165) is 0 Å². The molecule has 0 radical (unpaired) electrons. The summed E-state index contributed by atoms with van der Waals surface area (Å²) in [6, 6.07) is 7.84. The number of carboxylic acids is 1. The number of carbonyl (C=O) groups is 1. The van der Waals surface area contributed by atoms with Crippen LogP contribution in [0.3, 0.4) is 0 Å². The summed E-state index contributed by atoms with van der Waals surface area (Å²) in [5, 5.41) is 17.7. The van der Waals surface area contributed by atoms with Crippen LogP contribution in [0.25, 0.3) is 0 Å². The molecule has 0 bridgehead atoms. The number of carboxylic acid groups (broad SMARTS) is 1. The van der Waals surface area contributed by atoms with Crippen molar-refractivity contribution in [1.29, 1.82) is 5.26 Å². The van der Waals surface area contributed by atoms with Crippen LogP contribution >= 0.6 is 0 Å². The first-order valence-corrected chi connectivity index (χ1v) is 4.93. The number of aromatic nitrogens is 2. The van der Waals surface area contributed by atoms with Gasteiger partial charge >= 0.3 is 5.97 Å². The quantitative estimate of drug-likeness (QED) is 0.880. The monoisotopic (exact) mass is 241 g/mol. The molecule has 6 nitrogen and oxygen atoms in total. The van der Waals surface area contributed by atoms with Crippen molar-refractivity contribution >= 4 is 5.97 Å². The zero-order chi connectivity index (χ0) is 13.0. The second-order valence-electron chi connectivity index (χ2n) is 3.25. The van der Waals surface area contributed by atoms with E-state index < -0.39 is 5.97 Å². The van der Waals surface area contributed by atoms with Crippen molar-refractivity contribution in [3.8, 4) is 17.7 Å². The normalized spacial score (nSPS) is 9.50. The second kappa shape index (κ2) is 4.93. The van der Waals surface area contributed by atoms with Crippen molar-refractivity contribution in [2.24, 2.45) is 0 Å². The van der Waals surface area contributed by atoms with Crippen LogP contribution in [0.1, 0.15) is 16.1 Å². The van der Waals surface area contributed by atoms with Gasteiger partial charge in [0.25, 0.3) is 0 Å². The topological polar surface area (TPSA) is 96.1 Å². The number of ether oxygens (including phenoxy) is 1. The standard InChI is InChI=1S/C12H7N3O3/c13-6-8-2-1-3-11(15-8)18-10-7-14-5-4-9(10)12(16)17/h1-5,7H,(H,16,17). The van der Waals surface area contributed by atoms with Gasteiger partial charge in [0.1, 0.15) is 17.3 Å². The Kier molecular flexibility index (Phi) is 3.16. The first-order chi connectivity index (χ1) is 8.70. The summed E-state index contributed by atoms with van der Waals surface area (Å²) in [7, 11) is 0. The third kappa shape index (κ3) is 2.41. The lowest BCUT2D eigenvalue weighted by Gasteiger charge is -2.06. The van der Waals surface area contributed by atoms with Gasteiger partial charge in [-0.1, -0.05) is 6.07 Å². The average Bonchev–Trinajstić information content (AvgIpc) is 2.39. The Balaban J connectivity index is 2.34. The molecule has 2 aromatic rings. The van der Waals surface area contributed by atoms with E-state index in [0.29, 0.717) is 0 Å². The molecule has 2 aromatic heterocycles. The van der Waals surface area contributed by atoms with E-state index in [1.54, 1.807) is 6.07 Å². The summed E-state index contributed by atoms with van der Waals surface area (Å²) < 4.78 is 5.31. The summed E-state index contributed by atoms with van der Waals surface area (Å²) >= 11 is 0. The minimum absolute atomic E-state index is 0.0193. The molecule has 0 atom stereocenters. The summed E-state index contributed by atoms with van der Waals surface area (Å²) in [4.78, 5) is 18.6. The van der Waals surface area contributed by atoms with Crippen molar-refractivity contribution < 1.29 is 14.6 Å². The minimum atomic E-state index is -1.12. The molecule has 0 amide bonds. The van der Waals surface area contributed by atoms with Gasteiger partial charge in [0.05, 0.1) is 6.20 Å². The third-order valence-corrected chi connectivity index (χ3v) is 2.07. The van der Waals surface area contributed by atoms with E-state index in [1.165, 1.54) is 30.6 Å². The molecule has 0 aromatic carbocycles. The number of pyridine rings is 2. The Labute approximate surface area is 102 Å². The molecule has 0 fully saturated rings. The highest BCUT2D eigenvalue weighted by atomic mass is 16.5. The van der Waals surface area contributed by atoms with Crippen molar-refractivity contribution in [2.45, 2.75) is 0 Å². The zero-order valence-corrected chi connectivity index (χ0v) is 9.07. The predicted octanol–water partition coefficient (Wildman–Crippen LogP) is 1.84. The van der Waals surface area contributed by atoms with Crippen molar-refractivity contribution in [3.05, 3.63) is 47.9 Å². The Bertz CT molecular complexity index is 634. The Morgan fingerprint density at radius 3 is 2.94 bits per heavy atom. The van der Waals surface area contributed by atoms with Crippen LogP contribution in [0.15, 0.2) is 36.7 Å². The highest BCUT2D eigenvalue weighted by Crippen LogP contribution is 2.22. The van der Waals surface area contributed by atoms with Gasteiger partial charge in [-0.3, -0.25) is 4.98 Å². The number of hydrogen-bond donors (Lipinski definition) is 1. The van der Waals surface area contributed by atoms with Gasteiger partial charge in [0, 0.05) is 12.3 Å². The maximum Gasteiger partial charge on any atom is 0.339 e. The van der Waals surface area contributed by atoms with Gasteiger partial charge in [-0.15, -0.1) is 0 Å². The van der Waals surface area contributed by atoms with Crippen LogP contribution in [0.2, 0.25) is 0 Å². The molecule has 18 heavy (non-hydrogen) atoms. The molecule has 0 aliphatic carbocycles. The fraction of sp³-hybridized carbons (Fsp3) is 0. The molecule has 0 aliphatic rings. The molecule has 1 N–H and O–H groups in total. The first kappa shape index (κ1) is 11.5. The van der Waals surface area contributed by atoms with Crippen molar-refractivity contribution in [1.82, 2.24) is 9.97 Å². The van der Waals surface area contributed by atoms with Crippen LogP contribution in [0.4, 0.5) is 0 Å². The smallest absolute Gasteiger partial charge is 0.339 e. The number of hydrogen-bond acceptors (Lipinski definition) is 5. The molecule has 2 heterocycles. The highest BCUT2D eigenvalue weighted by Gasteiger charge is 2.12. The van der Waals surface area contributed by atoms with Crippen molar-refractivity contribution in [2.75, 3.05) is 0 Å². The zero-order valence-electron chi connectivity index (χ0n) is 9.07. The molecule has 0 saturated heterocycles. The second-order valence-corrected chi connectivity index (χ2v) is 3.25. The van der Waals surface area contributed by atoms with Gasteiger partial charge in [0.2, 0.25) is 5.88 Å². The third-order valence-electron chi connectivity index (χ3n) is 2.07. The van der Waals surface area contributed by atoms with Crippen LogP contribution in [-0.4, -0.2) is 21.0 Å². The first-order valence-electron chi connectivity index (χ1n) is 4.93. The maximum absolute atomic E-state index is 11.0. The van der Waals surface area contributed by atoms with Crippen molar-refractivity contribution in [3.63, 3.8) is 0 Å². The maximum atomic E-state index is 11.0. The minimum Gasteiger partial charge on any atom is -0.478 e. The SMILES string of the molecule is N#Cc1cccc(Oc2cnccc2C(=O)O)n1. The Morgan fingerprint density at radius 1 is 1.39 bits per heavy atom. The summed E-state index contributed by atoms with van der Waals surface area (Å²) in [5.74, 6) is -0.902. The lowest BCUT2D eigenvalue weighted by Crippen LogP contribution is -2.01. The summed E-state index contributed by atoms with van der Waals surface area (Å²) in [6.07, 6.45) is 2.64. The molecular weight excluding hydrogens is 234 g/mol. The molecule has 2 rings (SSSR count). The van der Waals surface area contributed by atoms with E-state index in [9.17, 15) is 4.79 Å². The average molecular weight is 241 g/mol. The largest absolute Gasteiger partial charge is 0.478 e. The number of nitrogens with zero attached hydrogens (tertiary/aromatic N) is 3. The van der Waals surface area contributed by atoms with E-state index in [2.05, 4.69) is 9.97 Å². The van der Waals surface area contributed by atoms with Crippen LogP contribution in [0, 0.1) is 11.3 Å². The lowest BCUT2D eigenvalue weighted by atomic mass is 10.2. The van der Waals surface area contributed by atoms with Gasteiger partial charge in [0.15, 0.2) is 5.75 Å². The molecule has 0 aliphatic heterocycles. The van der Waals surface area contributed by atoms with E-state index in [4.69, 9.17) is 15.1 Å². The van der Waals surface area contributed by atoms with E-state index in [-0.39, 0.29) is 22.9 Å². The fourth-order valence-electron chi connectivity index (χ4n) is 1.28. The predicted molar refractivity (Wildman–Crippen MR) is 60.2 cm³/mol. The lowest BCUT2D eigenvalue weighted by molar-refractivity contribution is 0.0694. The number of nitriles is 1. The van der Waals surface area contributed by atoms with Crippen LogP contribution in [0.5, 0.6) is 11.6 Å². The molecular formula is C12H7N3O3. The highest BCUT2D eigenvalue weighted by molar-refractivity contribution is 5.90. The van der Waals surface area contributed by atoms with Gasteiger partial charge in [-0.05, 0) is 12.1 Å². The van der Waals surface area contributed by atoms with Gasteiger partial charge < -0.3 is 9.84 Å².